The fourth-order valence-corrected chi connectivity index (χ4v) is 5.09. The summed E-state index contributed by atoms with van der Waals surface area (Å²) in [5.74, 6) is -2.50. The summed E-state index contributed by atoms with van der Waals surface area (Å²) < 4.78 is 14.3. The normalized spacial score (nSPS) is 17.8. The number of carbonyl (C=O) groups excluding carboxylic acids is 2. The number of benzene rings is 3. The number of hydrogen-bond donors (Lipinski definition) is 1. The first kappa shape index (κ1) is 21.3. The van der Waals surface area contributed by atoms with Gasteiger partial charge in [-0.25, -0.2) is 9.37 Å². The minimum atomic E-state index is -0.922. The van der Waals surface area contributed by atoms with Crippen LogP contribution in [0.1, 0.15) is 22.7 Å². The van der Waals surface area contributed by atoms with Crippen LogP contribution in [-0.4, -0.2) is 21.8 Å². The number of Topliss-reactive ketones (excluding diaryl/α,β-unsaturated/α-hetero) is 1. The van der Waals surface area contributed by atoms with Crippen LogP contribution in [0.3, 0.4) is 0 Å². The summed E-state index contributed by atoms with van der Waals surface area (Å²) in [4.78, 5) is 32.3. The fourth-order valence-electron chi connectivity index (χ4n) is 3.88. The van der Waals surface area contributed by atoms with Crippen molar-refractivity contribution in [1.82, 2.24) is 4.98 Å². The highest BCUT2D eigenvalue weighted by molar-refractivity contribution is 7.22. The molecule has 1 saturated heterocycles. The van der Waals surface area contributed by atoms with Gasteiger partial charge in [0.05, 0.1) is 21.8 Å². The van der Waals surface area contributed by atoms with E-state index in [1.165, 1.54) is 40.5 Å². The number of nitrogens with zero attached hydrogens (tertiary/aromatic N) is 2. The lowest BCUT2D eigenvalue weighted by molar-refractivity contribution is -0.132. The molecule has 1 fully saturated rings. The molecule has 1 aromatic heterocycles. The molecule has 5 nitrogen and oxygen atoms in total. The molecule has 0 bridgehead atoms. The second-order valence-electron chi connectivity index (χ2n) is 7.70. The van der Waals surface area contributed by atoms with Gasteiger partial charge >= 0.3 is 5.91 Å². The molecule has 1 N–H and O–H groups in total. The smallest absolute Gasteiger partial charge is 0.301 e. The molecule has 5 rings (SSSR count). The van der Waals surface area contributed by atoms with Crippen molar-refractivity contribution in [3.8, 4) is 0 Å². The third kappa shape index (κ3) is 3.69. The number of fused-ring (bicyclic) bond motifs is 1. The summed E-state index contributed by atoms with van der Waals surface area (Å²) in [7, 11) is 0. The molecule has 8 heteroatoms. The Morgan fingerprint density at radius 3 is 2.45 bits per heavy atom. The molecule has 0 aliphatic carbocycles. The van der Waals surface area contributed by atoms with Crippen LogP contribution in [0, 0.1) is 12.7 Å². The fraction of sp³-hybridized carbons (Fsp3) is 0.0800. The highest BCUT2D eigenvalue weighted by Crippen LogP contribution is 2.44. The first-order valence-corrected chi connectivity index (χ1v) is 11.2. The molecular formula is C25H16ClFN2O3S. The highest BCUT2D eigenvalue weighted by Gasteiger charge is 2.48. The predicted octanol–water partition coefficient (Wildman–Crippen LogP) is 6.02. The molecule has 33 heavy (non-hydrogen) atoms. The Morgan fingerprint density at radius 2 is 1.76 bits per heavy atom. The molecule has 0 spiro atoms. The lowest BCUT2D eigenvalue weighted by Crippen LogP contribution is -2.29. The molecule has 1 atom stereocenters. The third-order valence-corrected chi connectivity index (χ3v) is 6.76. The van der Waals surface area contributed by atoms with Gasteiger partial charge in [0.1, 0.15) is 11.6 Å². The summed E-state index contributed by atoms with van der Waals surface area (Å²) in [5, 5.41) is 11.9. The summed E-state index contributed by atoms with van der Waals surface area (Å²) >= 11 is 7.34. The maximum atomic E-state index is 13.4. The number of carbonyl (C=O) groups is 2. The maximum Gasteiger partial charge on any atom is 0.301 e. The Morgan fingerprint density at radius 1 is 1.06 bits per heavy atom. The third-order valence-electron chi connectivity index (χ3n) is 5.49. The van der Waals surface area contributed by atoms with Crippen molar-refractivity contribution < 1.29 is 19.1 Å². The van der Waals surface area contributed by atoms with Crippen molar-refractivity contribution in [3.05, 3.63) is 99.8 Å². The number of aliphatic hydroxyl groups is 1. The molecule has 1 amide bonds. The molecule has 0 radical (unpaired) electrons. The van der Waals surface area contributed by atoms with Gasteiger partial charge in [-0.1, -0.05) is 41.1 Å². The van der Waals surface area contributed by atoms with Crippen molar-refractivity contribution in [2.75, 3.05) is 4.90 Å². The minimum absolute atomic E-state index is 0.0932. The second kappa shape index (κ2) is 8.10. The van der Waals surface area contributed by atoms with Crippen LogP contribution in [-0.2, 0) is 9.59 Å². The standard InChI is InChI=1S/C25H16ClFN2O3S/c1-13-2-11-18-19(12-13)33-25(28-18)29-21(14-3-7-16(26)8-4-14)20(23(31)24(29)32)22(30)15-5-9-17(27)10-6-15/h2-12,21,30H,1H3/b22-20+/t21-/m1/s1. The van der Waals surface area contributed by atoms with Gasteiger partial charge in [-0.15, -0.1) is 0 Å². The van der Waals surface area contributed by atoms with E-state index in [2.05, 4.69) is 4.98 Å². The zero-order chi connectivity index (χ0) is 23.3. The van der Waals surface area contributed by atoms with Gasteiger partial charge in [-0.3, -0.25) is 14.5 Å². The number of aliphatic hydroxyl groups excluding tert-OH is 1. The Balaban J connectivity index is 1.73. The summed E-state index contributed by atoms with van der Waals surface area (Å²) in [6, 6.07) is 16.6. The van der Waals surface area contributed by atoms with Crippen LogP contribution in [0.4, 0.5) is 9.52 Å². The Bertz CT molecular complexity index is 1450. The van der Waals surface area contributed by atoms with Gasteiger partial charge in [0.15, 0.2) is 5.13 Å². The molecule has 0 unspecified atom stereocenters. The summed E-state index contributed by atoms with van der Waals surface area (Å²) in [5.41, 5.74) is 2.47. The summed E-state index contributed by atoms with van der Waals surface area (Å²) in [6.45, 7) is 1.96. The van der Waals surface area contributed by atoms with E-state index in [9.17, 15) is 19.1 Å². The average Bonchev–Trinajstić information content (AvgIpc) is 3.32. The van der Waals surface area contributed by atoms with Crippen LogP contribution < -0.4 is 4.90 Å². The second-order valence-corrected chi connectivity index (χ2v) is 9.14. The van der Waals surface area contributed by atoms with Gasteiger partial charge in [-0.2, -0.15) is 0 Å². The van der Waals surface area contributed by atoms with Crippen molar-refractivity contribution in [2.24, 2.45) is 0 Å². The Kier molecular flexibility index (Phi) is 5.23. The van der Waals surface area contributed by atoms with Crippen molar-refractivity contribution in [1.29, 1.82) is 0 Å². The zero-order valence-electron chi connectivity index (χ0n) is 17.3. The average molecular weight is 479 g/mol. The maximum absolute atomic E-state index is 13.4. The van der Waals surface area contributed by atoms with E-state index in [-0.39, 0.29) is 16.9 Å². The van der Waals surface area contributed by atoms with Crippen molar-refractivity contribution in [2.45, 2.75) is 13.0 Å². The van der Waals surface area contributed by atoms with Crippen LogP contribution in [0.2, 0.25) is 5.02 Å². The van der Waals surface area contributed by atoms with E-state index in [4.69, 9.17) is 11.6 Å². The zero-order valence-corrected chi connectivity index (χ0v) is 18.8. The molecule has 4 aromatic rings. The highest BCUT2D eigenvalue weighted by atomic mass is 35.5. The van der Waals surface area contributed by atoms with Crippen LogP contribution >= 0.6 is 22.9 Å². The SMILES string of the molecule is Cc1ccc2nc(N3C(=O)C(=O)/C(=C(/O)c4ccc(F)cc4)[C@H]3c3ccc(Cl)cc3)sc2c1. The van der Waals surface area contributed by atoms with Gasteiger partial charge in [0, 0.05) is 10.6 Å². The van der Waals surface area contributed by atoms with E-state index >= 15 is 0 Å². The molecule has 3 aromatic carbocycles. The Labute approximate surface area is 197 Å². The van der Waals surface area contributed by atoms with E-state index in [1.54, 1.807) is 24.3 Å². The number of aryl methyl sites for hydroxylation is 1. The number of thiazole rings is 1. The molecule has 1 aliphatic heterocycles. The lowest BCUT2D eigenvalue weighted by Gasteiger charge is -2.23. The molecule has 2 heterocycles. The van der Waals surface area contributed by atoms with E-state index in [0.717, 1.165) is 10.3 Å². The molecular weight excluding hydrogens is 463 g/mol. The lowest BCUT2D eigenvalue weighted by atomic mass is 9.95. The summed E-state index contributed by atoms with van der Waals surface area (Å²) in [6.07, 6.45) is 0. The number of rotatable bonds is 3. The van der Waals surface area contributed by atoms with Gasteiger partial charge in [-0.05, 0) is 66.6 Å². The first-order valence-electron chi connectivity index (χ1n) is 10.0. The van der Waals surface area contributed by atoms with Crippen LogP contribution in [0.15, 0.2) is 72.3 Å². The number of ketones is 1. The number of amides is 1. The van der Waals surface area contributed by atoms with E-state index in [0.29, 0.717) is 21.2 Å². The number of aromatic nitrogens is 1. The Hall–Kier alpha value is -3.55. The van der Waals surface area contributed by atoms with Crippen LogP contribution in [0.5, 0.6) is 0 Å². The number of hydrogen-bond acceptors (Lipinski definition) is 5. The number of halogens is 2. The van der Waals surface area contributed by atoms with E-state index in [1.807, 2.05) is 25.1 Å². The molecule has 0 saturated carbocycles. The number of anilines is 1. The van der Waals surface area contributed by atoms with Gasteiger partial charge in [0.2, 0.25) is 0 Å². The van der Waals surface area contributed by atoms with E-state index < -0.39 is 23.5 Å². The van der Waals surface area contributed by atoms with Gasteiger partial charge < -0.3 is 5.11 Å². The molecule has 1 aliphatic rings. The van der Waals surface area contributed by atoms with Crippen LogP contribution in [0.25, 0.3) is 16.0 Å². The topological polar surface area (TPSA) is 70.5 Å². The monoisotopic (exact) mass is 478 g/mol. The molecule has 164 valence electrons. The van der Waals surface area contributed by atoms with Crippen molar-refractivity contribution in [3.63, 3.8) is 0 Å². The first-order chi connectivity index (χ1) is 15.8. The quantitative estimate of drug-likeness (QED) is 0.222. The minimum Gasteiger partial charge on any atom is -0.507 e. The largest absolute Gasteiger partial charge is 0.507 e. The van der Waals surface area contributed by atoms with Crippen molar-refractivity contribution >= 4 is 55.7 Å². The predicted molar refractivity (Wildman–Crippen MR) is 127 cm³/mol. The van der Waals surface area contributed by atoms with Gasteiger partial charge in [0.25, 0.3) is 5.78 Å².